The molecule has 2 N–H and O–H groups in total. The topological polar surface area (TPSA) is 58.2 Å². The summed E-state index contributed by atoms with van der Waals surface area (Å²) in [5.74, 6) is 0.0721. The van der Waals surface area contributed by atoms with Gasteiger partial charge in [0.05, 0.1) is 0 Å². The Balaban J connectivity index is 3.37. The molecular formula is C11H21BrN2O2. The SMILES string of the molecule is CC(C)C(=O)NCCNC(=O)CCCCBr. The fourth-order valence-electron chi connectivity index (χ4n) is 1.06. The zero-order valence-corrected chi connectivity index (χ0v) is 11.6. The van der Waals surface area contributed by atoms with Crippen LogP contribution in [0.15, 0.2) is 0 Å². The maximum atomic E-state index is 11.3. The van der Waals surface area contributed by atoms with Crippen LogP contribution in [0.2, 0.25) is 0 Å². The van der Waals surface area contributed by atoms with Crippen molar-refractivity contribution < 1.29 is 9.59 Å². The standard InChI is InChI=1S/C11H21BrN2O2/c1-9(2)11(16)14-8-7-13-10(15)5-3-4-6-12/h9H,3-8H2,1-2H3,(H,13,15)(H,14,16). The first kappa shape index (κ1) is 15.4. The van der Waals surface area contributed by atoms with Gasteiger partial charge in [0.2, 0.25) is 11.8 Å². The lowest BCUT2D eigenvalue weighted by Gasteiger charge is -2.08. The number of hydrogen-bond acceptors (Lipinski definition) is 2. The molecule has 94 valence electrons. The Bertz CT molecular complexity index is 220. The molecule has 16 heavy (non-hydrogen) atoms. The molecule has 0 aromatic rings. The maximum absolute atomic E-state index is 11.3. The van der Waals surface area contributed by atoms with E-state index in [4.69, 9.17) is 0 Å². The molecule has 0 atom stereocenters. The van der Waals surface area contributed by atoms with Gasteiger partial charge < -0.3 is 10.6 Å². The van der Waals surface area contributed by atoms with Crippen molar-refractivity contribution in [3.05, 3.63) is 0 Å². The molecule has 0 aliphatic rings. The molecule has 0 aliphatic carbocycles. The van der Waals surface area contributed by atoms with Gasteiger partial charge in [-0.25, -0.2) is 0 Å². The Morgan fingerprint density at radius 3 is 2.31 bits per heavy atom. The van der Waals surface area contributed by atoms with Gasteiger partial charge in [0, 0.05) is 30.8 Å². The van der Waals surface area contributed by atoms with Gasteiger partial charge in [0.15, 0.2) is 0 Å². The van der Waals surface area contributed by atoms with E-state index in [9.17, 15) is 9.59 Å². The van der Waals surface area contributed by atoms with E-state index in [0.29, 0.717) is 19.5 Å². The summed E-state index contributed by atoms with van der Waals surface area (Å²) in [6.07, 6.45) is 2.47. The Morgan fingerprint density at radius 1 is 1.12 bits per heavy atom. The molecule has 0 aromatic carbocycles. The van der Waals surface area contributed by atoms with E-state index in [0.717, 1.165) is 18.2 Å². The van der Waals surface area contributed by atoms with Gasteiger partial charge in [0.25, 0.3) is 0 Å². The van der Waals surface area contributed by atoms with Crippen LogP contribution in [0, 0.1) is 5.92 Å². The van der Waals surface area contributed by atoms with Crippen LogP contribution in [0.3, 0.4) is 0 Å². The summed E-state index contributed by atoms with van der Waals surface area (Å²) in [6.45, 7) is 4.69. The molecular weight excluding hydrogens is 272 g/mol. The maximum Gasteiger partial charge on any atom is 0.222 e. The van der Waals surface area contributed by atoms with Crippen LogP contribution >= 0.6 is 15.9 Å². The molecule has 0 heterocycles. The van der Waals surface area contributed by atoms with E-state index in [-0.39, 0.29) is 17.7 Å². The molecule has 5 heteroatoms. The first-order valence-corrected chi connectivity index (χ1v) is 6.80. The average molecular weight is 293 g/mol. The largest absolute Gasteiger partial charge is 0.354 e. The highest BCUT2D eigenvalue weighted by Gasteiger charge is 2.05. The minimum atomic E-state index is -0.00497. The third-order valence-electron chi connectivity index (χ3n) is 2.06. The van der Waals surface area contributed by atoms with Crippen molar-refractivity contribution >= 4 is 27.7 Å². The Kier molecular flexibility index (Phi) is 9.28. The summed E-state index contributed by atoms with van der Waals surface area (Å²) in [6, 6.07) is 0. The second-order valence-corrected chi connectivity index (χ2v) is 4.73. The molecule has 0 aliphatic heterocycles. The quantitative estimate of drug-likeness (QED) is 0.525. The van der Waals surface area contributed by atoms with Gasteiger partial charge in [0.1, 0.15) is 0 Å². The summed E-state index contributed by atoms with van der Waals surface area (Å²) >= 11 is 3.31. The number of amides is 2. The van der Waals surface area contributed by atoms with Crippen molar-refractivity contribution in [3.8, 4) is 0 Å². The Hall–Kier alpha value is -0.580. The van der Waals surface area contributed by atoms with Crippen molar-refractivity contribution in [3.63, 3.8) is 0 Å². The van der Waals surface area contributed by atoms with Gasteiger partial charge in [-0.15, -0.1) is 0 Å². The van der Waals surface area contributed by atoms with Crippen molar-refractivity contribution in [2.24, 2.45) is 5.92 Å². The van der Waals surface area contributed by atoms with Crippen LogP contribution in [-0.4, -0.2) is 30.2 Å². The molecule has 0 aromatic heterocycles. The second kappa shape index (κ2) is 9.63. The van der Waals surface area contributed by atoms with E-state index in [2.05, 4.69) is 26.6 Å². The smallest absolute Gasteiger partial charge is 0.222 e. The first-order valence-electron chi connectivity index (χ1n) is 5.68. The zero-order valence-electron chi connectivity index (χ0n) is 10.0. The Labute approximate surface area is 106 Å². The van der Waals surface area contributed by atoms with Gasteiger partial charge in [-0.2, -0.15) is 0 Å². The lowest BCUT2D eigenvalue weighted by molar-refractivity contribution is -0.124. The predicted octanol–water partition coefficient (Wildman–Crippen LogP) is 1.44. The number of carbonyl (C=O) groups excluding carboxylic acids is 2. The van der Waals surface area contributed by atoms with Crippen LogP contribution in [-0.2, 0) is 9.59 Å². The number of rotatable bonds is 8. The fraction of sp³-hybridized carbons (Fsp3) is 0.818. The predicted molar refractivity (Wildman–Crippen MR) is 68.5 cm³/mol. The number of halogens is 1. The first-order chi connectivity index (χ1) is 7.57. The minimum absolute atomic E-state index is 0.00497. The summed E-state index contributed by atoms with van der Waals surface area (Å²) in [5.41, 5.74) is 0. The monoisotopic (exact) mass is 292 g/mol. The highest BCUT2D eigenvalue weighted by Crippen LogP contribution is 1.97. The van der Waals surface area contributed by atoms with Crippen molar-refractivity contribution in [1.82, 2.24) is 10.6 Å². The molecule has 0 bridgehead atoms. The molecule has 0 unspecified atom stereocenters. The molecule has 0 rings (SSSR count). The van der Waals surface area contributed by atoms with Crippen LogP contribution in [0.25, 0.3) is 0 Å². The molecule has 0 spiro atoms. The molecule has 0 saturated heterocycles. The summed E-state index contributed by atoms with van der Waals surface area (Å²) in [4.78, 5) is 22.4. The Morgan fingerprint density at radius 2 is 1.75 bits per heavy atom. The summed E-state index contributed by atoms with van der Waals surface area (Å²) in [7, 11) is 0. The number of nitrogens with one attached hydrogen (secondary N) is 2. The van der Waals surface area contributed by atoms with Crippen LogP contribution in [0.4, 0.5) is 0 Å². The van der Waals surface area contributed by atoms with E-state index in [1.54, 1.807) is 0 Å². The van der Waals surface area contributed by atoms with Crippen molar-refractivity contribution in [2.75, 3.05) is 18.4 Å². The highest BCUT2D eigenvalue weighted by atomic mass is 79.9. The minimum Gasteiger partial charge on any atom is -0.354 e. The molecule has 4 nitrogen and oxygen atoms in total. The number of unbranched alkanes of at least 4 members (excludes halogenated alkanes) is 1. The van der Waals surface area contributed by atoms with Gasteiger partial charge in [-0.3, -0.25) is 9.59 Å². The third kappa shape index (κ3) is 8.71. The zero-order chi connectivity index (χ0) is 12.4. The van der Waals surface area contributed by atoms with Crippen molar-refractivity contribution in [2.45, 2.75) is 33.1 Å². The summed E-state index contributed by atoms with van der Waals surface area (Å²) < 4.78 is 0. The number of alkyl halides is 1. The summed E-state index contributed by atoms with van der Waals surface area (Å²) in [5, 5.41) is 6.45. The molecule has 0 saturated carbocycles. The van der Waals surface area contributed by atoms with E-state index >= 15 is 0 Å². The molecule has 2 amide bonds. The molecule has 0 radical (unpaired) electrons. The highest BCUT2D eigenvalue weighted by molar-refractivity contribution is 9.09. The van der Waals surface area contributed by atoms with Gasteiger partial charge in [-0.1, -0.05) is 29.8 Å². The lowest BCUT2D eigenvalue weighted by Crippen LogP contribution is -2.36. The van der Waals surface area contributed by atoms with E-state index in [1.807, 2.05) is 13.8 Å². The van der Waals surface area contributed by atoms with E-state index < -0.39 is 0 Å². The van der Waals surface area contributed by atoms with Crippen molar-refractivity contribution in [1.29, 1.82) is 0 Å². The average Bonchev–Trinajstić information content (AvgIpc) is 2.24. The van der Waals surface area contributed by atoms with Gasteiger partial charge >= 0.3 is 0 Å². The van der Waals surface area contributed by atoms with Gasteiger partial charge in [-0.05, 0) is 12.8 Å². The fourth-order valence-corrected chi connectivity index (χ4v) is 1.46. The van der Waals surface area contributed by atoms with Crippen LogP contribution in [0.1, 0.15) is 33.1 Å². The van der Waals surface area contributed by atoms with Crippen LogP contribution < -0.4 is 10.6 Å². The third-order valence-corrected chi connectivity index (χ3v) is 2.62. The second-order valence-electron chi connectivity index (χ2n) is 3.94. The van der Waals surface area contributed by atoms with Crippen LogP contribution in [0.5, 0.6) is 0 Å². The van der Waals surface area contributed by atoms with E-state index in [1.165, 1.54) is 0 Å². The normalized spacial score (nSPS) is 10.2. The molecule has 0 fully saturated rings. The number of hydrogen-bond donors (Lipinski definition) is 2. The lowest BCUT2D eigenvalue weighted by atomic mass is 10.2. The number of carbonyl (C=O) groups is 2.